The summed E-state index contributed by atoms with van der Waals surface area (Å²) in [4.78, 5) is 33.0. The predicted octanol–water partition coefficient (Wildman–Crippen LogP) is 5.57. The Balaban J connectivity index is 1.27. The minimum absolute atomic E-state index is 0.00737. The van der Waals surface area contributed by atoms with Crippen LogP contribution >= 0.6 is 11.6 Å². The van der Waals surface area contributed by atoms with Crippen LogP contribution in [0.3, 0.4) is 0 Å². The Morgan fingerprint density at radius 3 is 2.29 bits per heavy atom. The molecular formula is C29H28ClN5O3. The largest absolute Gasteiger partial charge is 0.456 e. The van der Waals surface area contributed by atoms with Crippen molar-refractivity contribution in [3.05, 3.63) is 106 Å². The van der Waals surface area contributed by atoms with E-state index in [4.69, 9.17) is 16.3 Å². The van der Waals surface area contributed by atoms with Gasteiger partial charge in [-0.2, -0.15) is 0 Å². The molecule has 0 atom stereocenters. The first-order chi connectivity index (χ1) is 18.5. The average Bonchev–Trinajstić information content (AvgIpc) is 2.92. The number of nitrogens with zero attached hydrogens (tertiary/aromatic N) is 2. The Morgan fingerprint density at radius 2 is 1.58 bits per heavy atom. The van der Waals surface area contributed by atoms with Gasteiger partial charge in [0.05, 0.1) is 10.7 Å². The summed E-state index contributed by atoms with van der Waals surface area (Å²) in [6, 6.07) is 23.7. The fourth-order valence-electron chi connectivity index (χ4n) is 4.24. The maximum atomic E-state index is 13.1. The molecule has 5 rings (SSSR count). The third-order valence-corrected chi connectivity index (χ3v) is 6.69. The minimum atomic E-state index is -0.500. The number of benzene rings is 3. The van der Waals surface area contributed by atoms with E-state index in [1.165, 1.54) is 6.20 Å². The van der Waals surface area contributed by atoms with Crippen LogP contribution in [-0.4, -0.2) is 49.0 Å². The van der Waals surface area contributed by atoms with Gasteiger partial charge < -0.3 is 30.2 Å². The summed E-state index contributed by atoms with van der Waals surface area (Å²) >= 11 is 6.17. The molecule has 38 heavy (non-hydrogen) atoms. The molecular weight excluding hydrogens is 502 g/mol. The number of hydrogen-bond donors (Lipinski definition) is 3. The zero-order valence-corrected chi connectivity index (χ0v) is 21.7. The zero-order chi connectivity index (χ0) is 26.5. The van der Waals surface area contributed by atoms with Crippen molar-refractivity contribution >= 4 is 40.3 Å². The number of nitrogens with one attached hydrogen (secondary N) is 3. The van der Waals surface area contributed by atoms with Crippen LogP contribution in [0.15, 0.2) is 89.9 Å². The van der Waals surface area contributed by atoms with Gasteiger partial charge in [-0.05, 0) is 73.8 Å². The second kappa shape index (κ2) is 11.4. The highest BCUT2D eigenvalue weighted by Crippen LogP contribution is 2.30. The van der Waals surface area contributed by atoms with E-state index in [-0.39, 0.29) is 5.56 Å². The van der Waals surface area contributed by atoms with Gasteiger partial charge in [0.15, 0.2) is 0 Å². The van der Waals surface area contributed by atoms with Crippen LogP contribution in [0.5, 0.6) is 11.5 Å². The molecule has 1 aliphatic heterocycles. The van der Waals surface area contributed by atoms with Gasteiger partial charge in [-0.15, -0.1) is 0 Å². The molecule has 8 nitrogen and oxygen atoms in total. The van der Waals surface area contributed by atoms with Crippen molar-refractivity contribution in [2.75, 3.05) is 48.8 Å². The van der Waals surface area contributed by atoms with Crippen molar-refractivity contribution in [3.8, 4) is 11.5 Å². The van der Waals surface area contributed by atoms with E-state index in [9.17, 15) is 9.59 Å². The van der Waals surface area contributed by atoms with Crippen molar-refractivity contribution in [1.82, 2.24) is 9.88 Å². The van der Waals surface area contributed by atoms with E-state index in [0.717, 1.165) is 31.9 Å². The molecule has 4 aromatic rings. The number of carbonyl (C=O) groups excluding carboxylic acids is 1. The number of aromatic amines is 1. The van der Waals surface area contributed by atoms with Gasteiger partial charge in [-0.3, -0.25) is 9.59 Å². The van der Waals surface area contributed by atoms with E-state index in [0.29, 0.717) is 33.6 Å². The smallest absolute Gasteiger partial charge is 0.263 e. The van der Waals surface area contributed by atoms with Crippen LogP contribution in [0.2, 0.25) is 5.02 Å². The highest BCUT2D eigenvalue weighted by molar-refractivity contribution is 6.32. The maximum absolute atomic E-state index is 13.1. The number of halogens is 1. The molecule has 0 radical (unpaired) electrons. The molecule has 1 fully saturated rings. The Morgan fingerprint density at radius 1 is 0.895 bits per heavy atom. The molecule has 0 unspecified atom stereocenters. The number of hydrogen-bond acceptors (Lipinski definition) is 6. The third-order valence-electron chi connectivity index (χ3n) is 6.38. The first kappa shape index (κ1) is 25.4. The monoisotopic (exact) mass is 529 g/mol. The highest BCUT2D eigenvalue weighted by atomic mass is 35.5. The van der Waals surface area contributed by atoms with E-state index in [1.807, 2.05) is 36.4 Å². The number of likely N-dealkylation sites (N-methyl/N-ethyl adjacent to an activating group) is 1. The summed E-state index contributed by atoms with van der Waals surface area (Å²) in [5.41, 5.74) is 2.31. The molecule has 0 saturated carbocycles. The van der Waals surface area contributed by atoms with Gasteiger partial charge in [0.2, 0.25) is 0 Å². The van der Waals surface area contributed by atoms with Gasteiger partial charge in [-0.1, -0.05) is 23.7 Å². The molecule has 1 saturated heterocycles. The fraction of sp³-hybridized carbons (Fsp3) is 0.172. The van der Waals surface area contributed by atoms with Crippen LogP contribution in [0.1, 0.15) is 10.4 Å². The summed E-state index contributed by atoms with van der Waals surface area (Å²) in [6.45, 7) is 3.96. The van der Waals surface area contributed by atoms with Gasteiger partial charge in [0.25, 0.3) is 11.5 Å². The van der Waals surface area contributed by atoms with Crippen molar-refractivity contribution in [2.24, 2.45) is 0 Å². The molecule has 9 heteroatoms. The van der Waals surface area contributed by atoms with Crippen LogP contribution in [0.25, 0.3) is 0 Å². The van der Waals surface area contributed by atoms with Gasteiger partial charge in [0.1, 0.15) is 17.1 Å². The second-order valence-corrected chi connectivity index (χ2v) is 9.48. The fourth-order valence-corrected chi connectivity index (χ4v) is 4.41. The van der Waals surface area contributed by atoms with Crippen molar-refractivity contribution in [2.45, 2.75) is 0 Å². The van der Waals surface area contributed by atoms with Crippen molar-refractivity contribution < 1.29 is 9.53 Å². The lowest BCUT2D eigenvalue weighted by Crippen LogP contribution is -2.44. The lowest BCUT2D eigenvalue weighted by molar-refractivity contribution is 0.102. The Labute approximate surface area is 225 Å². The number of H-pyrrole nitrogens is 1. The number of pyridine rings is 1. The van der Waals surface area contributed by atoms with E-state index in [1.54, 1.807) is 42.5 Å². The first-order valence-electron chi connectivity index (χ1n) is 12.3. The molecule has 1 aromatic heterocycles. The van der Waals surface area contributed by atoms with Crippen LogP contribution in [0, 0.1) is 0 Å². The Kier molecular flexibility index (Phi) is 7.62. The van der Waals surface area contributed by atoms with Crippen LogP contribution in [0.4, 0.5) is 22.7 Å². The van der Waals surface area contributed by atoms with Crippen LogP contribution < -0.4 is 25.8 Å². The summed E-state index contributed by atoms with van der Waals surface area (Å²) in [5.74, 6) is 0.660. The number of anilines is 4. The lowest BCUT2D eigenvalue weighted by Gasteiger charge is -2.34. The number of amides is 1. The quantitative estimate of drug-likeness (QED) is 0.290. The SMILES string of the molecule is CN1CCN(c2ccc(NC(=O)c3c(Nc4ccc(Oc5ccccc5Cl)cc4)cc[nH]c3=O)cc2)CC1. The molecule has 3 N–H and O–H groups in total. The van der Waals surface area contributed by atoms with E-state index < -0.39 is 11.5 Å². The van der Waals surface area contributed by atoms with Gasteiger partial charge >= 0.3 is 0 Å². The van der Waals surface area contributed by atoms with Crippen molar-refractivity contribution in [1.29, 1.82) is 0 Å². The molecule has 2 heterocycles. The number of rotatable bonds is 7. The first-order valence-corrected chi connectivity index (χ1v) is 12.7. The standard InChI is InChI=1S/C29H28ClN5O3/c1-34-16-18-35(19-17-34)22-10-6-21(7-11-22)33-29(37)27-25(14-15-31-28(27)36)32-20-8-12-23(13-9-20)38-26-5-3-2-4-24(26)30/h2-15H,16-19H2,1H3,(H,33,37)(H2,31,32,36). The minimum Gasteiger partial charge on any atom is -0.456 e. The van der Waals surface area contributed by atoms with E-state index in [2.05, 4.69) is 32.5 Å². The summed E-state index contributed by atoms with van der Waals surface area (Å²) in [5, 5.41) is 6.53. The van der Waals surface area contributed by atoms with Crippen molar-refractivity contribution in [3.63, 3.8) is 0 Å². The molecule has 1 aliphatic rings. The predicted molar refractivity (Wildman–Crippen MR) is 152 cm³/mol. The number of para-hydroxylation sites is 1. The molecule has 1 amide bonds. The number of piperazine rings is 1. The molecule has 0 bridgehead atoms. The number of carbonyl (C=O) groups is 1. The van der Waals surface area contributed by atoms with Crippen LogP contribution in [-0.2, 0) is 0 Å². The highest BCUT2D eigenvalue weighted by Gasteiger charge is 2.18. The third kappa shape index (κ3) is 5.99. The molecule has 0 spiro atoms. The summed E-state index contributed by atoms with van der Waals surface area (Å²) in [6.07, 6.45) is 1.50. The molecule has 3 aromatic carbocycles. The normalized spacial score (nSPS) is 13.7. The molecule has 194 valence electrons. The Hall–Kier alpha value is -4.27. The van der Waals surface area contributed by atoms with Gasteiger partial charge in [0, 0.05) is 49.4 Å². The Bertz CT molecular complexity index is 1460. The molecule has 0 aliphatic carbocycles. The zero-order valence-electron chi connectivity index (χ0n) is 20.9. The van der Waals surface area contributed by atoms with E-state index >= 15 is 0 Å². The number of ether oxygens (including phenoxy) is 1. The topological polar surface area (TPSA) is 89.7 Å². The maximum Gasteiger partial charge on any atom is 0.263 e. The van der Waals surface area contributed by atoms with Gasteiger partial charge in [-0.25, -0.2) is 0 Å². The average molecular weight is 530 g/mol. The second-order valence-electron chi connectivity index (χ2n) is 9.07. The summed E-state index contributed by atoms with van der Waals surface area (Å²) < 4.78 is 5.83. The lowest BCUT2D eigenvalue weighted by atomic mass is 10.2. The number of aromatic nitrogens is 1. The summed E-state index contributed by atoms with van der Waals surface area (Å²) in [7, 11) is 2.12.